The van der Waals surface area contributed by atoms with Crippen molar-refractivity contribution in [2.24, 2.45) is 5.73 Å². The zero-order valence-corrected chi connectivity index (χ0v) is 15.1. The van der Waals surface area contributed by atoms with E-state index in [1.165, 1.54) is 13.3 Å². The first-order valence-electron chi connectivity index (χ1n) is 7.30. The topological polar surface area (TPSA) is 141 Å². The van der Waals surface area contributed by atoms with Crippen molar-refractivity contribution in [3.63, 3.8) is 0 Å². The Morgan fingerprint density at radius 1 is 1.17 bits per heavy atom. The van der Waals surface area contributed by atoms with Crippen LogP contribution < -0.4 is 22.9 Å². The molecule has 128 valence electrons. The van der Waals surface area contributed by atoms with Gasteiger partial charge in [0.25, 0.3) is 0 Å². The molecule has 1 unspecified atom stereocenters. The number of benzene rings is 1. The molecule has 24 heavy (non-hydrogen) atoms. The van der Waals surface area contributed by atoms with Crippen molar-refractivity contribution in [2.45, 2.75) is 11.2 Å². The third kappa shape index (κ3) is 5.36. The van der Waals surface area contributed by atoms with Crippen molar-refractivity contribution >= 4 is 45.4 Å². The highest BCUT2D eigenvalue weighted by molar-refractivity contribution is 9.09. The van der Waals surface area contributed by atoms with E-state index in [1.54, 1.807) is 18.3 Å². The summed E-state index contributed by atoms with van der Waals surface area (Å²) in [6, 6.07) is 7.17. The Kier molecular flexibility index (Phi) is 7.94. The minimum atomic E-state index is 0.351. The molecule has 0 radical (unpaired) electrons. The van der Waals surface area contributed by atoms with Crippen LogP contribution in [0.25, 0.3) is 6.08 Å². The average Bonchev–Trinajstić information content (AvgIpc) is 2.62. The van der Waals surface area contributed by atoms with Crippen LogP contribution in [0.2, 0.25) is 0 Å². The fraction of sp³-hybridized carbons (Fsp3) is 0.176. The first kappa shape index (κ1) is 19.7. The fourth-order valence-corrected chi connectivity index (χ4v) is 2.51. The summed E-state index contributed by atoms with van der Waals surface area (Å²) in [5.41, 5.74) is 25.7. The number of nitrogen functional groups attached to an aromatic ring is 3. The molecule has 0 saturated heterocycles. The second kappa shape index (κ2) is 9.69. The molecule has 1 atom stereocenters. The highest BCUT2D eigenvalue weighted by Crippen LogP contribution is 2.29. The Hall–Kier alpha value is -2.38. The molecule has 1 aliphatic rings. The maximum atomic E-state index is 6.85. The van der Waals surface area contributed by atoms with Crippen LogP contribution in [0.5, 0.6) is 0 Å². The molecule has 1 aromatic carbocycles. The standard InChI is InChI=1S/C9H10BrN3.C7H8N2.CH5N/c10-6-2-1-5-4-13-9(12)8(11)7(5)3-6;8-5-6-1-3-7(9)4-2-6;1-2/h1-2,4,6H,3,11H2,(H2,12,13);1-5,8H,9H2;2H2,1H3. The summed E-state index contributed by atoms with van der Waals surface area (Å²) in [4.78, 5) is 4.35. The maximum absolute atomic E-state index is 6.85. The van der Waals surface area contributed by atoms with Crippen LogP contribution in [0.3, 0.4) is 0 Å². The van der Waals surface area contributed by atoms with E-state index in [9.17, 15) is 0 Å². The third-order valence-electron chi connectivity index (χ3n) is 3.28. The Morgan fingerprint density at radius 3 is 2.38 bits per heavy atom. The van der Waals surface area contributed by atoms with Gasteiger partial charge in [-0.15, -0.1) is 0 Å². The Bertz CT molecular complexity index is 697. The van der Waals surface area contributed by atoms with Gasteiger partial charge in [0.05, 0.1) is 5.69 Å². The van der Waals surface area contributed by atoms with Crippen LogP contribution >= 0.6 is 15.9 Å². The van der Waals surface area contributed by atoms with Crippen molar-refractivity contribution in [2.75, 3.05) is 24.2 Å². The summed E-state index contributed by atoms with van der Waals surface area (Å²) in [5.74, 6) is 0.425. The molecule has 2 aromatic rings. The van der Waals surface area contributed by atoms with Gasteiger partial charge in [-0.05, 0) is 42.3 Å². The molecule has 0 amide bonds. The monoisotopic (exact) mass is 390 g/mol. The Balaban J connectivity index is 0.000000230. The number of nitrogens with one attached hydrogen (secondary N) is 1. The highest BCUT2D eigenvalue weighted by Gasteiger charge is 2.15. The molecule has 0 aliphatic heterocycles. The first-order chi connectivity index (χ1) is 11.5. The van der Waals surface area contributed by atoms with E-state index in [-0.39, 0.29) is 0 Å². The lowest BCUT2D eigenvalue weighted by atomic mass is 9.98. The maximum Gasteiger partial charge on any atom is 0.146 e. The van der Waals surface area contributed by atoms with E-state index in [0.717, 1.165) is 28.8 Å². The number of nitrogens with zero attached hydrogens (tertiary/aromatic N) is 1. The van der Waals surface area contributed by atoms with E-state index in [0.29, 0.717) is 16.3 Å². The molecule has 1 aliphatic carbocycles. The number of anilines is 3. The van der Waals surface area contributed by atoms with Gasteiger partial charge in [-0.2, -0.15) is 0 Å². The number of aromatic nitrogens is 1. The van der Waals surface area contributed by atoms with E-state index >= 15 is 0 Å². The van der Waals surface area contributed by atoms with Gasteiger partial charge in [0.15, 0.2) is 0 Å². The van der Waals surface area contributed by atoms with Crippen molar-refractivity contribution in [1.29, 1.82) is 5.41 Å². The molecular weight excluding hydrogens is 368 g/mol. The third-order valence-corrected chi connectivity index (χ3v) is 3.91. The minimum Gasteiger partial charge on any atom is -0.399 e. The molecule has 1 aromatic heterocycles. The summed E-state index contributed by atoms with van der Waals surface area (Å²) < 4.78 is 0. The molecule has 0 spiro atoms. The second-order valence-electron chi connectivity index (χ2n) is 4.88. The summed E-state index contributed by atoms with van der Waals surface area (Å²) in [6.45, 7) is 0. The molecule has 1 heterocycles. The van der Waals surface area contributed by atoms with Gasteiger partial charge < -0.3 is 28.3 Å². The number of hydrogen-bond acceptors (Lipinski definition) is 6. The molecule has 9 N–H and O–H groups in total. The van der Waals surface area contributed by atoms with Gasteiger partial charge in [-0.3, -0.25) is 0 Å². The lowest BCUT2D eigenvalue weighted by Gasteiger charge is -2.16. The van der Waals surface area contributed by atoms with Gasteiger partial charge in [-0.1, -0.05) is 40.2 Å². The van der Waals surface area contributed by atoms with Crippen LogP contribution in [0.1, 0.15) is 16.7 Å². The number of hydrogen-bond donors (Lipinski definition) is 5. The molecule has 0 fully saturated rings. The van der Waals surface area contributed by atoms with Crippen molar-refractivity contribution in [1.82, 2.24) is 4.98 Å². The zero-order chi connectivity index (χ0) is 18.1. The van der Waals surface area contributed by atoms with Gasteiger partial charge in [0.1, 0.15) is 5.82 Å². The number of allylic oxidation sites excluding steroid dienone is 1. The van der Waals surface area contributed by atoms with E-state index in [2.05, 4.69) is 32.7 Å². The minimum absolute atomic E-state index is 0.351. The largest absolute Gasteiger partial charge is 0.399 e. The molecule has 0 bridgehead atoms. The van der Waals surface area contributed by atoms with E-state index < -0.39 is 0 Å². The molecule has 0 saturated carbocycles. The van der Waals surface area contributed by atoms with Crippen LogP contribution in [0.4, 0.5) is 17.2 Å². The van der Waals surface area contributed by atoms with Crippen molar-refractivity contribution < 1.29 is 0 Å². The van der Waals surface area contributed by atoms with Gasteiger partial charge in [0, 0.05) is 22.9 Å². The van der Waals surface area contributed by atoms with Gasteiger partial charge in [-0.25, -0.2) is 4.98 Å². The van der Waals surface area contributed by atoms with Crippen LogP contribution in [-0.2, 0) is 6.42 Å². The molecule has 7 heteroatoms. The lowest BCUT2D eigenvalue weighted by molar-refractivity contribution is 1.01. The predicted octanol–water partition coefficient (Wildman–Crippen LogP) is 2.42. The van der Waals surface area contributed by atoms with Crippen LogP contribution in [-0.4, -0.2) is 23.1 Å². The number of halogens is 1. The van der Waals surface area contributed by atoms with Crippen LogP contribution in [0.15, 0.2) is 36.5 Å². The highest BCUT2D eigenvalue weighted by atomic mass is 79.9. The summed E-state index contributed by atoms with van der Waals surface area (Å²) in [7, 11) is 1.50. The van der Waals surface area contributed by atoms with Crippen molar-refractivity contribution in [3.05, 3.63) is 53.2 Å². The number of nitrogens with two attached hydrogens (primary N) is 4. The Morgan fingerprint density at radius 2 is 1.79 bits per heavy atom. The number of pyridine rings is 1. The van der Waals surface area contributed by atoms with E-state index in [1.807, 2.05) is 18.2 Å². The smallest absolute Gasteiger partial charge is 0.146 e. The summed E-state index contributed by atoms with van der Waals surface area (Å²) in [5, 5.41) is 6.85. The first-order valence-corrected chi connectivity index (χ1v) is 8.21. The molecule has 6 nitrogen and oxygen atoms in total. The predicted molar refractivity (Wildman–Crippen MR) is 107 cm³/mol. The lowest BCUT2D eigenvalue weighted by Crippen LogP contribution is -2.11. The SMILES string of the molecule is CN.N=Cc1ccc(N)cc1.Nc1ncc2c(c1N)CC(Br)C=C2. The second-order valence-corrected chi connectivity index (χ2v) is 6.06. The van der Waals surface area contributed by atoms with Gasteiger partial charge in [0.2, 0.25) is 0 Å². The number of rotatable bonds is 1. The van der Waals surface area contributed by atoms with Crippen LogP contribution in [0, 0.1) is 5.41 Å². The zero-order valence-electron chi connectivity index (χ0n) is 13.5. The molecular formula is C17H23BrN6. The summed E-state index contributed by atoms with van der Waals surface area (Å²) >= 11 is 3.51. The Labute approximate surface area is 150 Å². The normalized spacial score (nSPS) is 14.4. The van der Waals surface area contributed by atoms with E-state index in [4.69, 9.17) is 22.6 Å². The number of alkyl halides is 1. The quantitative estimate of drug-likeness (QED) is 0.288. The van der Waals surface area contributed by atoms with Gasteiger partial charge >= 0.3 is 0 Å². The van der Waals surface area contributed by atoms with Crippen molar-refractivity contribution in [3.8, 4) is 0 Å². The summed E-state index contributed by atoms with van der Waals surface area (Å²) in [6.07, 6.45) is 8.03. The number of fused-ring (bicyclic) bond motifs is 1. The fourth-order valence-electron chi connectivity index (χ4n) is 2.03. The molecule has 3 rings (SSSR count). The average molecular weight is 391 g/mol.